The molecule has 2 aromatic carbocycles. The van der Waals surface area contributed by atoms with Gasteiger partial charge in [-0.1, -0.05) is 6.92 Å². The molecular formula is C21H16F3N7O. The molecule has 162 valence electrons. The molecule has 3 heterocycles. The van der Waals surface area contributed by atoms with E-state index in [-0.39, 0.29) is 16.9 Å². The van der Waals surface area contributed by atoms with Gasteiger partial charge in [-0.3, -0.25) is 9.36 Å². The maximum Gasteiger partial charge on any atom is 0.266 e. The van der Waals surface area contributed by atoms with Gasteiger partial charge in [0.2, 0.25) is 0 Å². The summed E-state index contributed by atoms with van der Waals surface area (Å²) in [5, 5.41) is 0.0147. The molecule has 3 N–H and O–H groups in total. The lowest BCUT2D eigenvalue weighted by Crippen LogP contribution is -2.24. The highest BCUT2D eigenvalue weighted by atomic mass is 19.1. The zero-order valence-corrected chi connectivity index (χ0v) is 16.7. The number of aromatic amines is 1. The van der Waals surface area contributed by atoms with Crippen LogP contribution in [0.15, 0.2) is 53.8 Å². The summed E-state index contributed by atoms with van der Waals surface area (Å²) in [7, 11) is 0. The Balaban J connectivity index is 0.000000203. The Morgan fingerprint density at radius 3 is 2.53 bits per heavy atom. The summed E-state index contributed by atoms with van der Waals surface area (Å²) in [5.41, 5.74) is 6.23. The van der Waals surface area contributed by atoms with Crippen molar-refractivity contribution >= 4 is 27.9 Å². The second kappa shape index (κ2) is 8.46. The van der Waals surface area contributed by atoms with Gasteiger partial charge < -0.3 is 10.7 Å². The quantitative estimate of drug-likeness (QED) is 0.436. The van der Waals surface area contributed by atoms with E-state index in [1.165, 1.54) is 24.8 Å². The lowest BCUT2D eigenvalue weighted by Gasteiger charge is -2.13. The molecule has 5 rings (SSSR count). The van der Waals surface area contributed by atoms with Crippen molar-refractivity contribution in [3.8, 4) is 5.69 Å². The lowest BCUT2D eigenvalue weighted by atomic mass is 10.2. The van der Waals surface area contributed by atoms with Crippen LogP contribution in [-0.2, 0) is 6.42 Å². The SMILES string of the molecule is CCc1nc2ccc(F)cc2c(=O)n1-c1cc(F)ccc1F.Nc1ncnc2nc[nH]c12. The second-order valence-electron chi connectivity index (χ2n) is 6.64. The van der Waals surface area contributed by atoms with Crippen molar-refractivity contribution in [3.63, 3.8) is 0 Å². The van der Waals surface area contributed by atoms with E-state index in [0.717, 1.165) is 28.8 Å². The molecule has 0 aliphatic carbocycles. The van der Waals surface area contributed by atoms with E-state index in [4.69, 9.17) is 5.73 Å². The van der Waals surface area contributed by atoms with Gasteiger partial charge in [0.15, 0.2) is 11.5 Å². The Kier molecular flexibility index (Phi) is 5.54. The van der Waals surface area contributed by atoms with E-state index < -0.39 is 23.0 Å². The largest absolute Gasteiger partial charge is 0.382 e. The van der Waals surface area contributed by atoms with Gasteiger partial charge in [-0.15, -0.1) is 0 Å². The van der Waals surface area contributed by atoms with Crippen molar-refractivity contribution in [2.45, 2.75) is 13.3 Å². The fourth-order valence-electron chi connectivity index (χ4n) is 3.13. The molecule has 0 aliphatic heterocycles. The van der Waals surface area contributed by atoms with Gasteiger partial charge in [0.25, 0.3) is 5.56 Å². The van der Waals surface area contributed by atoms with Crippen LogP contribution in [0.5, 0.6) is 0 Å². The number of H-pyrrole nitrogens is 1. The van der Waals surface area contributed by atoms with Crippen molar-refractivity contribution in [3.05, 3.63) is 82.7 Å². The van der Waals surface area contributed by atoms with Gasteiger partial charge >= 0.3 is 0 Å². The highest BCUT2D eigenvalue weighted by molar-refractivity contribution is 5.80. The third kappa shape index (κ3) is 3.87. The molecule has 0 saturated heterocycles. The van der Waals surface area contributed by atoms with Crippen LogP contribution >= 0.6 is 0 Å². The van der Waals surface area contributed by atoms with Gasteiger partial charge in [0.05, 0.1) is 22.9 Å². The topological polar surface area (TPSA) is 115 Å². The summed E-state index contributed by atoms with van der Waals surface area (Å²) < 4.78 is 41.8. The third-order valence-corrected chi connectivity index (χ3v) is 4.62. The molecule has 0 saturated carbocycles. The van der Waals surface area contributed by atoms with Crippen LogP contribution in [0.4, 0.5) is 19.0 Å². The molecular weight excluding hydrogens is 423 g/mol. The molecule has 0 atom stereocenters. The number of imidazole rings is 1. The number of nitrogens with two attached hydrogens (primary N) is 1. The first-order valence-corrected chi connectivity index (χ1v) is 9.45. The van der Waals surface area contributed by atoms with Gasteiger partial charge in [0, 0.05) is 12.5 Å². The first kappa shape index (κ1) is 21.0. The number of aromatic nitrogens is 6. The molecule has 0 unspecified atom stereocenters. The highest BCUT2D eigenvalue weighted by Crippen LogP contribution is 2.18. The number of fused-ring (bicyclic) bond motifs is 2. The number of hydrogen-bond acceptors (Lipinski definition) is 6. The van der Waals surface area contributed by atoms with E-state index in [0.29, 0.717) is 28.9 Å². The molecule has 0 spiro atoms. The molecule has 32 heavy (non-hydrogen) atoms. The zero-order chi connectivity index (χ0) is 22.8. The minimum absolute atomic E-state index is 0.0147. The average Bonchev–Trinajstić information content (AvgIpc) is 3.27. The first-order valence-electron chi connectivity index (χ1n) is 9.45. The Bertz CT molecular complexity index is 1500. The molecule has 5 aromatic rings. The number of rotatable bonds is 2. The Morgan fingerprint density at radius 2 is 1.78 bits per heavy atom. The van der Waals surface area contributed by atoms with Crippen LogP contribution in [0.2, 0.25) is 0 Å². The van der Waals surface area contributed by atoms with E-state index in [1.54, 1.807) is 6.92 Å². The van der Waals surface area contributed by atoms with Crippen molar-refractivity contribution in [2.24, 2.45) is 0 Å². The summed E-state index contributed by atoms with van der Waals surface area (Å²) in [6.45, 7) is 1.74. The summed E-state index contributed by atoms with van der Waals surface area (Å²) >= 11 is 0. The molecule has 0 bridgehead atoms. The number of halogens is 3. The molecule has 8 nitrogen and oxygen atoms in total. The van der Waals surface area contributed by atoms with E-state index in [2.05, 4.69) is 24.9 Å². The summed E-state index contributed by atoms with van der Waals surface area (Å²) in [6, 6.07) is 6.44. The number of nitrogens with zero attached hydrogens (tertiary/aromatic N) is 5. The smallest absolute Gasteiger partial charge is 0.266 e. The Labute approximate surface area is 178 Å². The number of benzene rings is 2. The van der Waals surface area contributed by atoms with E-state index in [9.17, 15) is 18.0 Å². The standard InChI is InChI=1S/C16H11F3N2O.C5H5N5/c1-2-15-20-13-6-4-9(17)7-11(13)16(22)21(15)14-8-10(18)3-5-12(14)19;6-4-3-5(9-1-7-3)10-2-8-4/h3-8H,2H2,1H3;1-2H,(H3,6,7,8,9,10). The number of hydrogen-bond donors (Lipinski definition) is 2. The number of nitrogens with one attached hydrogen (secondary N) is 1. The average molecular weight is 439 g/mol. The fraction of sp³-hybridized carbons (Fsp3) is 0.0952. The third-order valence-electron chi connectivity index (χ3n) is 4.62. The van der Waals surface area contributed by atoms with Crippen LogP contribution in [0.1, 0.15) is 12.7 Å². The highest BCUT2D eigenvalue weighted by Gasteiger charge is 2.16. The van der Waals surface area contributed by atoms with Gasteiger partial charge in [0.1, 0.15) is 35.1 Å². The summed E-state index contributed by atoms with van der Waals surface area (Å²) in [4.78, 5) is 31.2. The number of anilines is 1. The van der Waals surface area contributed by atoms with Crippen LogP contribution in [0.3, 0.4) is 0 Å². The predicted molar refractivity (Wildman–Crippen MR) is 113 cm³/mol. The molecule has 11 heteroatoms. The van der Waals surface area contributed by atoms with E-state index in [1.807, 2.05) is 0 Å². The Morgan fingerprint density at radius 1 is 1.03 bits per heavy atom. The van der Waals surface area contributed by atoms with Crippen LogP contribution in [-0.4, -0.2) is 29.5 Å². The molecule has 0 radical (unpaired) electrons. The van der Waals surface area contributed by atoms with Crippen molar-refractivity contribution < 1.29 is 13.2 Å². The minimum atomic E-state index is -0.754. The first-order chi connectivity index (χ1) is 15.4. The second-order valence-corrected chi connectivity index (χ2v) is 6.64. The van der Waals surface area contributed by atoms with E-state index >= 15 is 0 Å². The van der Waals surface area contributed by atoms with Crippen molar-refractivity contribution in [2.75, 3.05) is 5.73 Å². The predicted octanol–water partition coefficient (Wildman–Crippen LogP) is 3.30. The Hall–Kier alpha value is -4.28. The zero-order valence-electron chi connectivity index (χ0n) is 16.7. The maximum absolute atomic E-state index is 14.0. The van der Waals surface area contributed by atoms with Crippen molar-refractivity contribution in [1.82, 2.24) is 29.5 Å². The maximum atomic E-state index is 14.0. The number of aryl methyl sites for hydroxylation is 1. The monoisotopic (exact) mass is 439 g/mol. The van der Waals surface area contributed by atoms with Crippen LogP contribution in [0.25, 0.3) is 27.8 Å². The summed E-state index contributed by atoms with van der Waals surface area (Å²) in [6.07, 6.45) is 3.26. The van der Waals surface area contributed by atoms with Crippen LogP contribution < -0.4 is 11.3 Å². The van der Waals surface area contributed by atoms with Gasteiger partial charge in [-0.2, -0.15) is 0 Å². The summed E-state index contributed by atoms with van der Waals surface area (Å²) in [5.74, 6) is -1.32. The fourth-order valence-corrected chi connectivity index (χ4v) is 3.13. The van der Waals surface area contributed by atoms with Gasteiger partial charge in [-0.05, 0) is 30.3 Å². The van der Waals surface area contributed by atoms with Crippen molar-refractivity contribution in [1.29, 1.82) is 0 Å². The molecule has 0 amide bonds. The van der Waals surface area contributed by atoms with Gasteiger partial charge in [-0.25, -0.2) is 33.1 Å². The number of nitrogen functional groups attached to an aromatic ring is 1. The normalized spacial score (nSPS) is 10.9. The minimum Gasteiger partial charge on any atom is -0.382 e. The molecule has 3 aromatic heterocycles. The lowest BCUT2D eigenvalue weighted by molar-refractivity contribution is 0.587. The molecule has 0 fully saturated rings. The van der Waals surface area contributed by atoms with Crippen LogP contribution in [0, 0.1) is 17.5 Å². The molecule has 0 aliphatic rings.